The lowest BCUT2D eigenvalue weighted by Gasteiger charge is -2.11. The van der Waals surface area contributed by atoms with E-state index in [4.69, 9.17) is 9.66 Å². The first-order valence-electron chi connectivity index (χ1n) is 6.13. The van der Waals surface area contributed by atoms with Gasteiger partial charge in [0.25, 0.3) is 16.0 Å². The zero-order valence-electron chi connectivity index (χ0n) is 11.7. The molecule has 0 radical (unpaired) electrons. The van der Waals surface area contributed by atoms with Gasteiger partial charge in [0, 0.05) is 12.3 Å². The Morgan fingerprint density at radius 2 is 1.79 bits per heavy atom. The van der Waals surface area contributed by atoms with Crippen molar-refractivity contribution in [1.29, 1.82) is 0 Å². The van der Waals surface area contributed by atoms with Crippen molar-refractivity contribution in [3.05, 3.63) is 41.7 Å². The summed E-state index contributed by atoms with van der Waals surface area (Å²) in [7, 11) is -4.90. The maximum Gasteiger partial charge on any atom is 0.337 e. The predicted molar refractivity (Wildman–Crippen MR) is 78.7 cm³/mol. The van der Waals surface area contributed by atoms with Crippen molar-refractivity contribution in [2.24, 2.45) is 0 Å². The van der Waals surface area contributed by atoms with Crippen LogP contribution in [-0.2, 0) is 10.1 Å². The Balaban J connectivity index is 2.49. The monoisotopic (exact) mass is 354 g/mol. The molecule has 1 amide bonds. The van der Waals surface area contributed by atoms with Gasteiger partial charge >= 0.3 is 5.97 Å². The van der Waals surface area contributed by atoms with E-state index in [1.807, 2.05) is 0 Å². The maximum absolute atomic E-state index is 12.2. The molecule has 126 valence electrons. The van der Waals surface area contributed by atoms with Gasteiger partial charge in [0.2, 0.25) is 0 Å². The molecular formula is C13H10N2O8S. The van der Waals surface area contributed by atoms with E-state index in [1.165, 1.54) is 6.20 Å². The number of carbonyl (C=O) groups excluding carboxylic acids is 1. The molecule has 5 N–H and O–H groups in total. The zero-order valence-corrected chi connectivity index (χ0v) is 12.5. The molecule has 0 saturated heterocycles. The fourth-order valence-corrected chi connectivity index (χ4v) is 2.46. The van der Waals surface area contributed by atoms with Crippen LogP contribution in [0.25, 0.3) is 0 Å². The Morgan fingerprint density at radius 3 is 2.38 bits per heavy atom. The summed E-state index contributed by atoms with van der Waals surface area (Å²) >= 11 is 0. The Labute approximate surface area is 134 Å². The summed E-state index contributed by atoms with van der Waals surface area (Å²) in [6.45, 7) is 0. The van der Waals surface area contributed by atoms with Crippen molar-refractivity contribution >= 4 is 27.7 Å². The van der Waals surface area contributed by atoms with Crippen molar-refractivity contribution < 1.29 is 37.9 Å². The second-order valence-electron chi connectivity index (χ2n) is 4.50. The third kappa shape index (κ3) is 3.42. The fraction of sp³-hybridized carbons (Fsp3) is 0. The Kier molecular flexibility index (Phi) is 4.39. The van der Waals surface area contributed by atoms with E-state index in [-0.39, 0.29) is 11.3 Å². The van der Waals surface area contributed by atoms with Gasteiger partial charge in [-0.2, -0.15) is 8.42 Å². The highest BCUT2D eigenvalue weighted by Crippen LogP contribution is 2.32. The number of carbonyl (C=O) groups is 2. The number of carboxylic acids is 1. The topological polar surface area (TPSA) is 174 Å². The van der Waals surface area contributed by atoms with Crippen LogP contribution in [0.2, 0.25) is 0 Å². The number of aromatic carboxylic acids is 1. The predicted octanol–water partition coefficient (Wildman–Crippen LogP) is 0.690. The van der Waals surface area contributed by atoms with Gasteiger partial charge in [0.15, 0.2) is 0 Å². The molecule has 10 nitrogen and oxygen atoms in total. The maximum atomic E-state index is 12.2. The van der Waals surface area contributed by atoms with Gasteiger partial charge in [-0.15, -0.1) is 0 Å². The molecule has 0 aliphatic rings. The van der Waals surface area contributed by atoms with E-state index in [0.717, 1.165) is 18.3 Å². The number of aromatic nitrogens is 1. The van der Waals surface area contributed by atoms with Gasteiger partial charge < -0.3 is 20.6 Å². The molecule has 2 aromatic rings. The van der Waals surface area contributed by atoms with Gasteiger partial charge in [0.1, 0.15) is 16.4 Å². The second kappa shape index (κ2) is 6.14. The molecule has 1 aromatic carbocycles. The molecule has 0 atom stereocenters. The van der Waals surface area contributed by atoms with E-state index < -0.39 is 44.0 Å². The molecular weight excluding hydrogens is 344 g/mol. The van der Waals surface area contributed by atoms with E-state index in [1.54, 1.807) is 0 Å². The van der Waals surface area contributed by atoms with Crippen LogP contribution in [0.15, 0.2) is 35.5 Å². The number of hydrogen-bond acceptors (Lipinski definition) is 7. The molecule has 11 heteroatoms. The van der Waals surface area contributed by atoms with Gasteiger partial charge in [-0.3, -0.25) is 14.3 Å². The zero-order chi connectivity index (χ0) is 18.1. The van der Waals surface area contributed by atoms with Crippen LogP contribution in [0.1, 0.15) is 20.7 Å². The number of phenolic OH excluding ortho intramolecular Hbond substituents is 2. The third-order valence-corrected chi connectivity index (χ3v) is 3.75. The molecule has 0 aliphatic carbocycles. The second-order valence-corrected chi connectivity index (χ2v) is 5.89. The third-order valence-electron chi connectivity index (χ3n) is 2.88. The minimum absolute atomic E-state index is 0.217. The van der Waals surface area contributed by atoms with Crippen LogP contribution in [0, 0.1) is 0 Å². The van der Waals surface area contributed by atoms with Crippen molar-refractivity contribution in [2.75, 3.05) is 5.32 Å². The van der Waals surface area contributed by atoms with Crippen molar-refractivity contribution in [3.63, 3.8) is 0 Å². The highest BCUT2D eigenvalue weighted by molar-refractivity contribution is 7.86. The van der Waals surface area contributed by atoms with E-state index in [0.29, 0.717) is 6.07 Å². The van der Waals surface area contributed by atoms with Crippen LogP contribution in [0.4, 0.5) is 5.69 Å². The molecule has 0 bridgehead atoms. The molecule has 0 aliphatic heterocycles. The van der Waals surface area contributed by atoms with Crippen molar-refractivity contribution in [2.45, 2.75) is 4.90 Å². The molecule has 0 spiro atoms. The number of amides is 1. The minimum Gasteiger partial charge on any atom is -0.508 e. The first kappa shape index (κ1) is 17.2. The first-order valence-corrected chi connectivity index (χ1v) is 7.57. The smallest absolute Gasteiger partial charge is 0.337 e. The van der Waals surface area contributed by atoms with Crippen molar-refractivity contribution in [1.82, 2.24) is 4.98 Å². The number of pyridine rings is 1. The number of carboxylic acid groups (broad SMARTS) is 1. The van der Waals surface area contributed by atoms with Crippen LogP contribution in [0.3, 0.4) is 0 Å². The largest absolute Gasteiger partial charge is 0.508 e. The van der Waals surface area contributed by atoms with Gasteiger partial charge in [0.05, 0.1) is 23.0 Å². The quantitative estimate of drug-likeness (QED) is 0.391. The van der Waals surface area contributed by atoms with Crippen LogP contribution >= 0.6 is 0 Å². The summed E-state index contributed by atoms with van der Waals surface area (Å²) in [5.41, 5.74) is -1.21. The van der Waals surface area contributed by atoms with Crippen LogP contribution < -0.4 is 5.32 Å². The summed E-state index contributed by atoms with van der Waals surface area (Å²) in [6, 6.07) is 2.41. The molecule has 0 fully saturated rings. The average Bonchev–Trinajstić information content (AvgIpc) is 2.48. The SMILES string of the molecule is O=C(O)c1ccncc1NC(=O)c1cc(O)cc(S(=O)(=O)O)c1O. The lowest BCUT2D eigenvalue weighted by Crippen LogP contribution is -2.16. The number of benzene rings is 1. The number of phenols is 2. The van der Waals surface area contributed by atoms with E-state index >= 15 is 0 Å². The summed E-state index contributed by atoms with van der Waals surface area (Å²) in [5.74, 6) is -4.29. The molecule has 1 aromatic heterocycles. The summed E-state index contributed by atoms with van der Waals surface area (Å²) in [5, 5.41) is 30.4. The molecule has 24 heavy (non-hydrogen) atoms. The molecule has 2 rings (SSSR count). The Morgan fingerprint density at radius 1 is 1.12 bits per heavy atom. The highest BCUT2D eigenvalue weighted by atomic mass is 32.2. The van der Waals surface area contributed by atoms with Crippen LogP contribution in [-0.4, -0.2) is 45.2 Å². The van der Waals surface area contributed by atoms with E-state index in [9.17, 15) is 28.2 Å². The van der Waals surface area contributed by atoms with Gasteiger partial charge in [-0.25, -0.2) is 4.79 Å². The number of aromatic hydroxyl groups is 2. The summed E-state index contributed by atoms with van der Waals surface area (Å²) in [6.07, 6.45) is 2.21. The number of rotatable bonds is 4. The Hall–Kier alpha value is -3.18. The standard InChI is InChI=1S/C13H10N2O8S/c16-6-3-8(11(17)10(4-6)24(21,22)23)12(18)15-9-5-14-2-1-7(9)13(19)20/h1-5,16-17H,(H,15,18)(H,19,20)(H,21,22,23). The lowest BCUT2D eigenvalue weighted by atomic mass is 10.1. The number of nitrogens with one attached hydrogen (secondary N) is 1. The number of hydrogen-bond donors (Lipinski definition) is 5. The van der Waals surface area contributed by atoms with Crippen LogP contribution in [0.5, 0.6) is 11.5 Å². The highest BCUT2D eigenvalue weighted by Gasteiger charge is 2.24. The van der Waals surface area contributed by atoms with Crippen molar-refractivity contribution in [3.8, 4) is 11.5 Å². The summed E-state index contributed by atoms with van der Waals surface area (Å²) < 4.78 is 31.3. The van der Waals surface area contributed by atoms with Gasteiger partial charge in [-0.1, -0.05) is 0 Å². The molecule has 0 unspecified atom stereocenters. The first-order chi connectivity index (χ1) is 11.1. The van der Waals surface area contributed by atoms with E-state index in [2.05, 4.69) is 10.3 Å². The average molecular weight is 354 g/mol. The molecule has 0 saturated carbocycles. The normalized spacial score (nSPS) is 11.0. The molecule has 1 heterocycles. The Bertz CT molecular complexity index is 939. The summed E-state index contributed by atoms with van der Waals surface area (Å²) in [4.78, 5) is 25.8. The number of anilines is 1. The fourth-order valence-electron chi connectivity index (χ4n) is 1.83. The lowest BCUT2D eigenvalue weighted by molar-refractivity contribution is 0.0698. The van der Waals surface area contributed by atoms with Gasteiger partial charge in [-0.05, 0) is 12.1 Å². The minimum atomic E-state index is -4.90. The number of nitrogens with zero attached hydrogens (tertiary/aromatic N) is 1.